The number of anilines is 1. The molecule has 3 nitrogen and oxygen atoms in total. The Morgan fingerprint density at radius 1 is 1.24 bits per heavy atom. The second-order valence-corrected chi connectivity index (χ2v) is 6.40. The highest BCUT2D eigenvalue weighted by Gasteiger charge is 2.31. The fourth-order valence-corrected chi connectivity index (χ4v) is 3.67. The zero-order valence-electron chi connectivity index (χ0n) is 11.6. The van der Waals surface area contributed by atoms with Crippen molar-refractivity contribution in [3.8, 4) is 0 Å². The van der Waals surface area contributed by atoms with Crippen molar-refractivity contribution in [2.75, 3.05) is 4.90 Å². The van der Waals surface area contributed by atoms with Crippen LogP contribution in [0, 0.1) is 0 Å². The number of rotatable bonds is 4. The number of aromatic nitrogens is 1. The van der Waals surface area contributed by atoms with Crippen molar-refractivity contribution in [1.29, 1.82) is 0 Å². The van der Waals surface area contributed by atoms with Gasteiger partial charge in [-0.1, -0.05) is 55.4 Å². The molecule has 1 amide bonds. The van der Waals surface area contributed by atoms with Gasteiger partial charge in [0.05, 0.1) is 0 Å². The SMILES string of the molecule is O=C(C(=S)c1ccccc1)N(c1nccs1)C1CCCC1. The molecule has 2 aromatic rings. The fraction of sp³-hybridized carbons (Fsp3) is 0.312. The van der Waals surface area contributed by atoms with Crippen molar-refractivity contribution < 1.29 is 4.79 Å². The number of thiazole rings is 1. The first-order valence-electron chi connectivity index (χ1n) is 7.10. The third kappa shape index (κ3) is 3.04. The van der Waals surface area contributed by atoms with E-state index in [2.05, 4.69) is 4.98 Å². The van der Waals surface area contributed by atoms with E-state index in [1.54, 1.807) is 6.20 Å². The number of benzene rings is 1. The highest BCUT2D eigenvalue weighted by Crippen LogP contribution is 2.30. The van der Waals surface area contributed by atoms with Crippen molar-refractivity contribution in [2.45, 2.75) is 31.7 Å². The van der Waals surface area contributed by atoms with Crippen molar-refractivity contribution in [3.63, 3.8) is 0 Å². The zero-order valence-corrected chi connectivity index (χ0v) is 13.2. The quantitative estimate of drug-likeness (QED) is 0.635. The molecule has 0 N–H and O–H groups in total. The number of hydrogen-bond donors (Lipinski definition) is 0. The minimum Gasteiger partial charge on any atom is -0.280 e. The third-order valence-electron chi connectivity index (χ3n) is 3.76. The summed E-state index contributed by atoms with van der Waals surface area (Å²) in [5.41, 5.74) is 0.803. The normalized spacial score (nSPS) is 15.0. The van der Waals surface area contributed by atoms with E-state index in [1.807, 2.05) is 40.6 Å². The van der Waals surface area contributed by atoms with Gasteiger partial charge in [-0.2, -0.15) is 0 Å². The number of thiocarbonyl (C=S) groups is 1. The van der Waals surface area contributed by atoms with Crippen LogP contribution in [0.15, 0.2) is 41.9 Å². The average Bonchev–Trinajstić information content (AvgIpc) is 3.21. The molecule has 1 aliphatic carbocycles. The number of carbonyl (C=O) groups excluding carboxylic acids is 1. The van der Waals surface area contributed by atoms with Gasteiger partial charge in [-0.15, -0.1) is 11.3 Å². The van der Waals surface area contributed by atoms with E-state index in [0.29, 0.717) is 4.86 Å². The predicted octanol–water partition coefficient (Wildman–Crippen LogP) is 3.84. The standard InChI is InChI=1S/C16H16N2OS2/c19-15(14(20)12-6-2-1-3-7-12)18(13-8-4-5-9-13)16-17-10-11-21-16/h1-3,6-7,10-11,13H,4-5,8-9H2. The molecule has 1 aromatic heterocycles. The predicted molar refractivity (Wildman–Crippen MR) is 90.0 cm³/mol. The lowest BCUT2D eigenvalue weighted by Crippen LogP contribution is -2.42. The Balaban J connectivity index is 1.89. The Morgan fingerprint density at radius 3 is 2.57 bits per heavy atom. The van der Waals surface area contributed by atoms with Crippen LogP contribution >= 0.6 is 23.6 Å². The maximum Gasteiger partial charge on any atom is 0.271 e. The molecule has 1 heterocycles. The summed E-state index contributed by atoms with van der Waals surface area (Å²) in [6.07, 6.45) is 6.13. The molecule has 0 atom stereocenters. The number of amides is 1. The molecular weight excluding hydrogens is 300 g/mol. The number of nitrogens with zero attached hydrogens (tertiary/aromatic N) is 2. The summed E-state index contributed by atoms with van der Waals surface area (Å²) in [6.45, 7) is 0. The van der Waals surface area contributed by atoms with Crippen LogP contribution < -0.4 is 4.90 Å². The van der Waals surface area contributed by atoms with E-state index in [-0.39, 0.29) is 11.9 Å². The Hall–Kier alpha value is -1.59. The summed E-state index contributed by atoms with van der Waals surface area (Å²) >= 11 is 6.91. The van der Waals surface area contributed by atoms with Crippen molar-refractivity contribution in [1.82, 2.24) is 4.98 Å². The number of carbonyl (C=O) groups is 1. The third-order valence-corrected chi connectivity index (χ3v) is 4.95. The first-order chi connectivity index (χ1) is 10.3. The molecule has 5 heteroatoms. The van der Waals surface area contributed by atoms with Crippen LogP contribution in [0.3, 0.4) is 0 Å². The van der Waals surface area contributed by atoms with E-state index in [0.717, 1.165) is 36.4 Å². The van der Waals surface area contributed by atoms with Crippen LogP contribution in [0.4, 0.5) is 5.13 Å². The first-order valence-corrected chi connectivity index (χ1v) is 8.38. The monoisotopic (exact) mass is 316 g/mol. The molecular formula is C16H16N2OS2. The molecule has 21 heavy (non-hydrogen) atoms. The van der Waals surface area contributed by atoms with Gasteiger partial charge >= 0.3 is 0 Å². The Bertz CT molecular complexity index is 619. The largest absolute Gasteiger partial charge is 0.280 e. The summed E-state index contributed by atoms with van der Waals surface area (Å²) in [5.74, 6) is -0.0990. The van der Waals surface area contributed by atoms with Crippen molar-refractivity contribution >= 4 is 39.5 Å². The maximum absolute atomic E-state index is 12.9. The van der Waals surface area contributed by atoms with Crippen LogP contribution in [0.1, 0.15) is 31.2 Å². The molecule has 0 spiro atoms. The molecule has 0 bridgehead atoms. The molecule has 0 aliphatic heterocycles. The fourth-order valence-electron chi connectivity index (χ4n) is 2.73. The summed E-state index contributed by atoms with van der Waals surface area (Å²) < 4.78 is 0. The van der Waals surface area contributed by atoms with Gasteiger partial charge in [-0.3, -0.25) is 9.69 Å². The molecule has 1 saturated carbocycles. The minimum absolute atomic E-state index is 0.0990. The molecule has 0 saturated heterocycles. The van der Waals surface area contributed by atoms with E-state index in [4.69, 9.17) is 12.2 Å². The van der Waals surface area contributed by atoms with Gasteiger partial charge in [-0.05, 0) is 18.4 Å². The zero-order chi connectivity index (χ0) is 14.7. The van der Waals surface area contributed by atoms with Crippen LogP contribution in [-0.4, -0.2) is 21.8 Å². The van der Waals surface area contributed by atoms with E-state index in [9.17, 15) is 4.79 Å². The summed E-state index contributed by atoms with van der Waals surface area (Å²) in [4.78, 5) is 19.4. The van der Waals surface area contributed by atoms with Gasteiger partial charge in [0, 0.05) is 17.6 Å². The van der Waals surface area contributed by atoms with Gasteiger partial charge in [0.1, 0.15) is 4.86 Å². The molecule has 1 aliphatic rings. The first kappa shape index (κ1) is 14.4. The molecule has 108 valence electrons. The Labute approximate surface area is 133 Å². The van der Waals surface area contributed by atoms with Gasteiger partial charge in [0.2, 0.25) is 0 Å². The van der Waals surface area contributed by atoms with E-state index in [1.165, 1.54) is 11.3 Å². The summed E-state index contributed by atoms with van der Waals surface area (Å²) in [7, 11) is 0. The second kappa shape index (κ2) is 6.45. The number of hydrogen-bond acceptors (Lipinski definition) is 4. The van der Waals surface area contributed by atoms with Crippen molar-refractivity contribution in [3.05, 3.63) is 47.5 Å². The van der Waals surface area contributed by atoms with Gasteiger partial charge in [0.15, 0.2) is 5.13 Å². The lowest BCUT2D eigenvalue weighted by Gasteiger charge is -2.26. The van der Waals surface area contributed by atoms with Crippen LogP contribution in [-0.2, 0) is 4.79 Å². The minimum atomic E-state index is -0.0990. The molecule has 0 unspecified atom stereocenters. The van der Waals surface area contributed by atoms with Gasteiger partial charge in [-0.25, -0.2) is 4.98 Å². The molecule has 3 rings (SSSR count). The topological polar surface area (TPSA) is 33.2 Å². The van der Waals surface area contributed by atoms with Crippen molar-refractivity contribution in [2.24, 2.45) is 0 Å². The maximum atomic E-state index is 12.9. The molecule has 0 radical (unpaired) electrons. The highest BCUT2D eigenvalue weighted by atomic mass is 32.1. The van der Waals surface area contributed by atoms with Gasteiger partial charge < -0.3 is 0 Å². The van der Waals surface area contributed by atoms with Crippen LogP contribution in [0.2, 0.25) is 0 Å². The van der Waals surface area contributed by atoms with E-state index < -0.39 is 0 Å². The highest BCUT2D eigenvalue weighted by molar-refractivity contribution is 7.82. The second-order valence-electron chi connectivity index (χ2n) is 5.12. The Morgan fingerprint density at radius 2 is 1.95 bits per heavy atom. The lowest BCUT2D eigenvalue weighted by atomic mass is 10.1. The molecule has 1 fully saturated rings. The average molecular weight is 316 g/mol. The summed E-state index contributed by atoms with van der Waals surface area (Å²) in [5, 5.41) is 2.65. The van der Waals surface area contributed by atoms with Crippen LogP contribution in [0.5, 0.6) is 0 Å². The van der Waals surface area contributed by atoms with Crippen LogP contribution in [0.25, 0.3) is 0 Å². The molecule has 1 aromatic carbocycles. The smallest absolute Gasteiger partial charge is 0.271 e. The lowest BCUT2D eigenvalue weighted by molar-refractivity contribution is -0.112. The van der Waals surface area contributed by atoms with E-state index >= 15 is 0 Å². The summed E-state index contributed by atoms with van der Waals surface area (Å²) in [6, 6.07) is 9.72. The van der Waals surface area contributed by atoms with Gasteiger partial charge in [0.25, 0.3) is 5.91 Å². The Kier molecular flexibility index (Phi) is 4.41.